The predicted octanol–water partition coefficient (Wildman–Crippen LogP) is 2.06. The highest BCUT2D eigenvalue weighted by molar-refractivity contribution is 7.95. The third-order valence-electron chi connectivity index (χ3n) is 2.32. The zero-order valence-electron chi connectivity index (χ0n) is 9.40. The quantitative estimate of drug-likeness (QED) is 0.833. The van der Waals surface area contributed by atoms with Gasteiger partial charge in [-0.2, -0.15) is 0 Å². The molecule has 0 aliphatic heterocycles. The van der Waals surface area contributed by atoms with Gasteiger partial charge in [0.05, 0.1) is 10.7 Å². The average molecular weight is 293 g/mol. The number of rotatable bonds is 4. The van der Waals surface area contributed by atoms with Crippen LogP contribution >= 0.6 is 23.8 Å². The van der Waals surface area contributed by atoms with Crippen molar-refractivity contribution in [2.24, 2.45) is 5.73 Å². The maximum atomic E-state index is 11.9. The molecule has 0 aliphatic rings. The Kier molecular flexibility index (Phi) is 4.35. The Hall–Kier alpha value is -0.850. The van der Waals surface area contributed by atoms with Crippen LogP contribution in [0.3, 0.4) is 0 Å². The van der Waals surface area contributed by atoms with E-state index in [1.165, 1.54) is 6.92 Å². The van der Waals surface area contributed by atoms with Crippen LogP contribution in [-0.2, 0) is 10.0 Å². The molecule has 0 bridgehead atoms. The molecule has 1 unspecified atom stereocenters. The first-order chi connectivity index (χ1) is 7.74. The van der Waals surface area contributed by atoms with Crippen molar-refractivity contribution in [3.8, 4) is 0 Å². The first kappa shape index (κ1) is 14.2. The molecular formula is C10H13ClN2O2S2. The number of halogens is 1. The fourth-order valence-electron chi connectivity index (χ4n) is 1.10. The summed E-state index contributed by atoms with van der Waals surface area (Å²) in [6.45, 7) is 3.21. The van der Waals surface area contributed by atoms with Gasteiger partial charge in [-0.05, 0) is 31.5 Å². The number of aryl methyl sites for hydroxylation is 1. The van der Waals surface area contributed by atoms with Crippen molar-refractivity contribution in [1.29, 1.82) is 0 Å². The van der Waals surface area contributed by atoms with Crippen LogP contribution in [0.4, 0.5) is 5.69 Å². The molecule has 0 radical (unpaired) electrons. The largest absolute Gasteiger partial charge is 0.392 e. The normalized spacial score (nSPS) is 13.1. The molecule has 17 heavy (non-hydrogen) atoms. The van der Waals surface area contributed by atoms with Gasteiger partial charge in [0, 0.05) is 5.02 Å². The highest BCUT2D eigenvalue weighted by atomic mass is 35.5. The first-order valence-corrected chi connectivity index (χ1v) is 7.14. The Morgan fingerprint density at radius 3 is 2.65 bits per heavy atom. The van der Waals surface area contributed by atoms with E-state index in [4.69, 9.17) is 17.3 Å². The van der Waals surface area contributed by atoms with E-state index >= 15 is 0 Å². The molecule has 4 nitrogen and oxygen atoms in total. The van der Waals surface area contributed by atoms with Crippen LogP contribution in [0.2, 0.25) is 5.02 Å². The summed E-state index contributed by atoms with van der Waals surface area (Å²) in [6, 6.07) is 4.96. The minimum absolute atomic E-state index is 0.0721. The molecule has 7 heteroatoms. The topological polar surface area (TPSA) is 72.2 Å². The van der Waals surface area contributed by atoms with Gasteiger partial charge >= 0.3 is 0 Å². The Morgan fingerprint density at radius 1 is 1.53 bits per heavy atom. The van der Waals surface area contributed by atoms with Crippen molar-refractivity contribution < 1.29 is 8.42 Å². The highest BCUT2D eigenvalue weighted by Gasteiger charge is 2.23. The second-order valence-corrected chi connectivity index (χ2v) is 6.56. The summed E-state index contributed by atoms with van der Waals surface area (Å²) in [5, 5.41) is -0.479. The van der Waals surface area contributed by atoms with Crippen molar-refractivity contribution >= 4 is 44.5 Å². The number of sulfonamides is 1. The number of hydrogen-bond acceptors (Lipinski definition) is 3. The van der Waals surface area contributed by atoms with E-state index in [0.717, 1.165) is 5.56 Å². The lowest BCUT2D eigenvalue weighted by Gasteiger charge is -2.15. The third-order valence-corrected chi connectivity index (χ3v) is 4.75. The average Bonchev–Trinajstić information content (AvgIpc) is 2.21. The van der Waals surface area contributed by atoms with Crippen LogP contribution < -0.4 is 10.5 Å². The second-order valence-electron chi connectivity index (χ2n) is 3.65. The van der Waals surface area contributed by atoms with E-state index in [2.05, 4.69) is 16.9 Å². The molecule has 0 fully saturated rings. The molecule has 94 valence electrons. The van der Waals surface area contributed by atoms with Gasteiger partial charge in [-0.25, -0.2) is 8.42 Å². The number of thiocarbonyl (C=S) groups is 1. The van der Waals surface area contributed by atoms with Crippen LogP contribution in [0, 0.1) is 6.92 Å². The third kappa shape index (κ3) is 3.55. The Labute approximate surface area is 111 Å². The molecule has 1 rings (SSSR count). The Bertz CT molecular complexity index is 543. The Morgan fingerprint density at radius 2 is 2.12 bits per heavy atom. The molecule has 0 amide bonds. The molecule has 0 saturated carbocycles. The monoisotopic (exact) mass is 292 g/mol. The minimum Gasteiger partial charge on any atom is -0.392 e. The van der Waals surface area contributed by atoms with E-state index in [0.29, 0.717) is 10.7 Å². The van der Waals surface area contributed by atoms with Gasteiger partial charge in [0.1, 0.15) is 5.25 Å². The smallest absolute Gasteiger partial charge is 0.241 e. The second kappa shape index (κ2) is 5.20. The number of nitrogens with one attached hydrogen (secondary N) is 1. The molecule has 0 saturated heterocycles. The van der Waals surface area contributed by atoms with Gasteiger partial charge in [-0.1, -0.05) is 29.9 Å². The van der Waals surface area contributed by atoms with Gasteiger partial charge in [0.25, 0.3) is 0 Å². The molecule has 0 aliphatic carbocycles. The number of anilines is 1. The van der Waals surface area contributed by atoms with Crippen LogP contribution in [0.15, 0.2) is 18.2 Å². The molecule has 3 N–H and O–H groups in total. The van der Waals surface area contributed by atoms with Crippen molar-refractivity contribution in [3.63, 3.8) is 0 Å². The van der Waals surface area contributed by atoms with Gasteiger partial charge in [0.2, 0.25) is 10.0 Å². The number of benzene rings is 1. The van der Waals surface area contributed by atoms with E-state index < -0.39 is 15.3 Å². The molecule has 0 heterocycles. The van der Waals surface area contributed by atoms with E-state index in [9.17, 15) is 8.42 Å². The van der Waals surface area contributed by atoms with Crippen LogP contribution in [0.1, 0.15) is 12.5 Å². The SMILES string of the molecule is Cc1ccc(Cl)cc1NS(=O)(=O)C(C)C(N)=S. The fraction of sp³-hybridized carbons (Fsp3) is 0.300. The van der Waals surface area contributed by atoms with Gasteiger partial charge in [-0.15, -0.1) is 0 Å². The summed E-state index contributed by atoms with van der Waals surface area (Å²) in [5.41, 5.74) is 6.53. The van der Waals surface area contributed by atoms with Crippen molar-refractivity contribution in [3.05, 3.63) is 28.8 Å². The summed E-state index contributed by atoms with van der Waals surface area (Å²) >= 11 is 10.5. The van der Waals surface area contributed by atoms with Crippen molar-refractivity contribution in [2.75, 3.05) is 4.72 Å². The fourth-order valence-corrected chi connectivity index (χ4v) is 2.66. The standard InChI is InChI=1S/C10H13ClN2O2S2/c1-6-3-4-8(11)5-9(6)13-17(14,15)7(2)10(12)16/h3-5,7,13H,1-2H3,(H2,12,16). The maximum Gasteiger partial charge on any atom is 0.241 e. The lowest BCUT2D eigenvalue weighted by Crippen LogP contribution is -2.35. The van der Waals surface area contributed by atoms with E-state index in [-0.39, 0.29) is 4.99 Å². The van der Waals surface area contributed by atoms with Crippen LogP contribution in [0.25, 0.3) is 0 Å². The minimum atomic E-state index is -3.63. The van der Waals surface area contributed by atoms with Crippen molar-refractivity contribution in [2.45, 2.75) is 19.1 Å². The molecule has 1 atom stereocenters. The summed E-state index contributed by atoms with van der Waals surface area (Å²) in [7, 11) is -3.63. The predicted molar refractivity (Wildman–Crippen MR) is 75.0 cm³/mol. The number of nitrogens with two attached hydrogens (primary N) is 1. The van der Waals surface area contributed by atoms with Crippen LogP contribution in [0.5, 0.6) is 0 Å². The Balaban J connectivity index is 3.06. The number of hydrogen-bond donors (Lipinski definition) is 2. The molecule has 1 aromatic carbocycles. The summed E-state index contributed by atoms with van der Waals surface area (Å²) < 4.78 is 26.2. The van der Waals surface area contributed by atoms with Crippen molar-refractivity contribution in [1.82, 2.24) is 0 Å². The first-order valence-electron chi connectivity index (χ1n) is 4.81. The van der Waals surface area contributed by atoms with Gasteiger partial charge in [-0.3, -0.25) is 4.72 Å². The molecule has 0 spiro atoms. The van der Waals surface area contributed by atoms with E-state index in [1.54, 1.807) is 25.1 Å². The molecule has 0 aromatic heterocycles. The lowest BCUT2D eigenvalue weighted by molar-refractivity contribution is 0.598. The van der Waals surface area contributed by atoms with Gasteiger partial charge in [0.15, 0.2) is 0 Å². The van der Waals surface area contributed by atoms with Crippen LogP contribution in [-0.4, -0.2) is 18.7 Å². The summed E-state index contributed by atoms with van der Waals surface area (Å²) in [5.74, 6) is 0. The summed E-state index contributed by atoms with van der Waals surface area (Å²) in [6.07, 6.45) is 0. The zero-order chi connectivity index (χ0) is 13.2. The molecule has 1 aromatic rings. The van der Waals surface area contributed by atoms with E-state index in [1.807, 2.05) is 0 Å². The highest BCUT2D eigenvalue weighted by Crippen LogP contribution is 2.22. The lowest BCUT2D eigenvalue weighted by atomic mass is 10.2. The summed E-state index contributed by atoms with van der Waals surface area (Å²) in [4.78, 5) is -0.0721. The van der Waals surface area contributed by atoms with Gasteiger partial charge < -0.3 is 5.73 Å². The molecular weight excluding hydrogens is 280 g/mol. The maximum absolute atomic E-state index is 11.9. The zero-order valence-corrected chi connectivity index (χ0v) is 11.8.